The number of H-pyrrole nitrogens is 2. The molecule has 8 rings (SSSR count). The van der Waals surface area contributed by atoms with Crippen LogP contribution in [0.3, 0.4) is 0 Å². The zero-order valence-electron chi connectivity index (χ0n) is 32.5. The lowest BCUT2D eigenvalue weighted by molar-refractivity contribution is -0.135. The van der Waals surface area contributed by atoms with Crippen LogP contribution in [0.5, 0.6) is 0 Å². The van der Waals surface area contributed by atoms with Gasteiger partial charge in [0.15, 0.2) is 0 Å². The summed E-state index contributed by atoms with van der Waals surface area (Å²) in [6, 6.07) is 18.3. The van der Waals surface area contributed by atoms with Crippen LogP contribution in [0, 0.1) is 5.92 Å². The summed E-state index contributed by atoms with van der Waals surface area (Å²) in [4.78, 5) is 61.0. The van der Waals surface area contributed by atoms with Crippen molar-refractivity contribution in [2.75, 3.05) is 20.2 Å². The van der Waals surface area contributed by atoms with Crippen molar-refractivity contribution in [3.63, 3.8) is 0 Å². The Morgan fingerprint density at radius 2 is 1.46 bits per heavy atom. The van der Waals surface area contributed by atoms with Crippen molar-refractivity contribution in [3.8, 4) is 32.1 Å². The number of nitrogens with zero attached hydrogens (tertiary/aromatic N) is 4. The number of aromatic nitrogens is 4. The highest BCUT2D eigenvalue weighted by Crippen LogP contribution is 2.43. The molecule has 4 aromatic heterocycles. The van der Waals surface area contributed by atoms with E-state index in [2.05, 4.69) is 68.8 Å². The maximum Gasteiger partial charge on any atom is 0.410 e. The molecule has 0 bridgehead atoms. The number of thiophene rings is 2. The van der Waals surface area contributed by atoms with Crippen LogP contribution in [-0.2, 0) is 14.3 Å². The zero-order chi connectivity index (χ0) is 39.3. The molecule has 2 aliphatic rings. The molecule has 12 nitrogen and oxygen atoms in total. The summed E-state index contributed by atoms with van der Waals surface area (Å²) in [6.45, 7) is 10.8. The Balaban J connectivity index is 0.954. The average Bonchev–Trinajstić information content (AvgIpc) is 4.01. The molecular formula is C42H47N7O5S2. The molecular weight excluding hydrogens is 747 g/mol. The largest absolute Gasteiger partial charge is 0.453 e. The molecule has 2 saturated heterocycles. The number of alkyl carbamates (subject to hydrolysis) is 1. The number of ether oxygens (including phenoxy) is 2. The molecule has 2 fully saturated rings. The van der Waals surface area contributed by atoms with Crippen LogP contribution in [0.15, 0.2) is 60.8 Å². The molecule has 292 valence electrons. The van der Waals surface area contributed by atoms with Crippen molar-refractivity contribution < 1.29 is 23.9 Å². The molecule has 6 aromatic rings. The molecule has 3 N–H and O–H groups in total. The summed E-state index contributed by atoms with van der Waals surface area (Å²) in [5.41, 5.74) is 5.46. The number of hydrogen-bond donors (Lipinski definition) is 3. The van der Waals surface area contributed by atoms with Crippen LogP contribution < -0.4 is 5.32 Å². The number of fused-ring (bicyclic) bond motifs is 2. The van der Waals surface area contributed by atoms with Gasteiger partial charge in [-0.25, -0.2) is 19.6 Å². The van der Waals surface area contributed by atoms with Gasteiger partial charge in [-0.2, -0.15) is 0 Å². The number of amides is 3. The number of rotatable bonds is 8. The highest BCUT2D eigenvalue weighted by atomic mass is 32.1. The molecule has 6 heterocycles. The summed E-state index contributed by atoms with van der Waals surface area (Å²) in [6.07, 6.45) is 4.37. The molecule has 56 heavy (non-hydrogen) atoms. The second kappa shape index (κ2) is 15.0. The Morgan fingerprint density at radius 3 is 2.12 bits per heavy atom. The first kappa shape index (κ1) is 37.7. The number of hydrogen-bond acceptors (Lipinski definition) is 9. The molecule has 3 unspecified atom stereocenters. The van der Waals surface area contributed by atoms with E-state index in [1.165, 1.54) is 26.3 Å². The number of carbonyl (C=O) groups excluding carboxylic acids is 3. The van der Waals surface area contributed by atoms with E-state index >= 15 is 0 Å². The lowest BCUT2D eigenvalue weighted by Gasteiger charge is -2.29. The van der Waals surface area contributed by atoms with Gasteiger partial charge in [0.25, 0.3) is 0 Å². The first-order valence-corrected chi connectivity index (χ1v) is 20.8. The normalized spacial score (nSPS) is 18.0. The van der Waals surface area contributed by atoms with Gasteiger partial charge in [0, 0.05) is 32.2 Å². The van der Waals surface area contributed by atoms with Crippen molar-refractivity contribution in [3.05, 3.63) is 72.4 Å². The molecule has 2 aliphatic heterocycles. The molecule has 0 spiro atoms. The molecule has 0 aliphatic carbocycles. The van der Waals surface area contributed by atoms with Crippen molar-refractivity contribution in [1.82, 2.24) is 35.1 Å². The lowest BCUT2D eigenvalue weighted by Crippen LogP contribution is -2.51. The second-order valence-electron chi connectivity index (χ2n) is 15.9. The summed E-state index contributed by atoms with van der Waals surface area (Å²) in [7, 11) is 1.30. The first-order chi connectivity index (χ1) is 26.8. The number of carbonyl (C=O) groups is 3. The number of methoxy groups -OCH3 is 1. The minimum atomic E-state index is -0.676. The van der Waals surface area contributed by atoms with Gasteiger partial charge in [0.1, 0.15) is 23.3 Å². The van der Waals surface area contributed by atoms with Crippen molar-refractivity contribution in [2.24, 2.45) is 5.92 Å². The zero-order valence-corrected chi connectivity index (χ0v) is 34.1. The fourth-order valence-corrected chi connectivity index (χ4v) is 10.1. The molecule has 2 aromatic carbocycles. The van der Waals surface area contributed by atoms with Crippen LogP contribution in [0.1, 0.15) is 84.0 Å². The van der Waals surface area contributed by atoms with Crippen molar-refractivity contribution >= 4 is 61.2 Å². The van der Waals surface area contributed by atoms with Gasteiger partial charge in [-0.15, -0.1) is 22.7 Å². The smallest absolute Gasteiger partial charge is 0.410 e. The molecule has 3 amide bonds. The van der Waals surface area contributed by atoms with Gasteiger partial charge in [0.2, 0.25) is 5.91 Å². The Bertz CT molecular complexity index is 2370. The molecule has 0 radical (unpaired) electrons. The van der Waals surface area contributed by atoms with Gasteiger partial charge in [-0.05, 0) is 93.3 Å². The van der Waals surface area contributed by atoms with E-state index in [0.29, 0.717) is 13.1 Å². The SMILES string of the molecule is COC(=O)NC(C(=O)N1CCCC1c1nc2ccc(-c3cc4sc(-c5ccc(-c6cnc(C7CCCN7C(=O)OC(C)(C)C)[nH]6)cc5)cc4s3)cc2[nH]1)C(C)C. The van der Waals surface area contributed by atoms with Crippen LogP contribution in [0.4, 0.5) is 9.59 Å². The number of imidazole rings is 2. The van der Waals surface area contributed by atoms with Gasteiger partial charge in [-0.1, -0.05) is 44.2 Å². The summed E-state index contributed by atoms with van der Waals surface area (Å²) in [5, 5.41) is 2.72. The van der Waals surface area contributed by atoms with Crippen molar-refractivity contribution in [2.45, 2.75) is 84.0 Å². The van der Waals surface area contributed by atoms with Crippen LogP contribution in [0.2, 0.25) is 0 Å². The summed E-state index contributed by atoms with van der Waals surface area (Å²) >= 11 is 3.55. The van der Waals surface area contributed by atoms with E-state index in [1.54, 1.807) is 27.6 Å². The van der Waals surface area contributed by atoms with E-state index in [1.807, 2.05) is 51.8 Å². The minimum absolute atomic E-state index is 0.0939. The topological polar surface area (TPSA) is 146 Å². The fourth-order valence-electron chi connectivity index (χ4n) is 7.71. The molecule has 0 saturated carbocycles. The summed E-state index contributed by atoms with van der Waals surface area (Å²) < 4.78 is 12.9. The van der Waals surface area contributed by atoms with Crippen LogP contribution in [-0.4, -0.2) is 79.7 Å². The summed E-state index contributed by atoms with van der Waals surface area (Å²) in [5.74, 6) is 1.33. The van der Waals surface area contributed by atoms with Gasteiger partial charge < -0.3 is 29.7 Å². The maximum absolute atomic E-state index is 13.6. The highest BCUT2D eigenvalue weighted by molar-refractivity contribution is 7.31. The minimum Gasteiger partial charge on any atom is -0.453 e. The first-order valence-electron chi connectivity index (χ1n) is 19.2. The predicted molar refractivity (Wildman–Crippen MR) is 221 cm³/mol. The van der Waals surface area contributed by atoms with Crippen LogP contribution in [0.25, 0.3) is 52.6 Å². The van der Waals surface area contributed by atoms with Gasteiger partial charge in [0.05, 0.1) is 42.1 Å². The standard InChI is InChI=1S/C42H47N7O5S2/c1-23(2)36(47-40(51)53-6)39(50)48-17-7-10-31(48)38-44-27-16-15-26(19-28(27)45-38)33-21-35-34(56-33)20-32(55-35)25-13-11-24(12-14-25)29-22-43-37(46-29)30-9-8-18-49(30)41(52)54-42(3,4)5/h11-16,19-23,30-31,36H,7-10,17-18H2,1-6H3,(H,43,46)(H,44,45)(H,47,51). The van der Waals surface area contributed by atoms with Crippen molar-refractivity contribution in [1.29, 1.82) is 0 Å². The number of likely N-dealkylation sites (tertiary alicyclic amines) is 2. The van der Waals surface area contributed by atoms with Gasteiger partial charge >= 0.3 is 12.2 Å². The van der Waals surface area contributed by atoms with E-state index in [-0.39, 0.29) is 30.0 Å². The third kappa shape index (κ3) is 7.51. The number of benzene rings is 2. The monoisotopic (exact) mass is 793 g/mol. The average molecular weight is 794 g/mol. The van der Waals surface area contributed by atoms with E-state index < -0.39 is 17.7 Å². The van der Waals surface area contributed by atoms with E-state index in [0.717, 1.165) is 70.7 Å². The van der Waals surface area contributed by atoms with E-state index in [9.17, 15) is 14.4 Å². The van der Waals surface area contributed by atoms with Gasteiger partial charge in [-0.3, -0.25) is 9.69 Å². The highest BCUT2D eigenvalue weighted by Gasteiger charge is 2.38. The Hall–Kier alpha value is -5.21. The number of aromatic amines is 2. The van der Waals surface area contributed by atoms with Crippen LogP contribution >= 0.6 is 22.7 Å². The third-order valence-corrected chi connectivity index (χ3v) is 12.9. The Morgan fingerprint density at radius 1 is 0.839 bits per heavy atom. The Kier molecular flexibility index (Phi) is 10.1. The quantitative estimate of drug-likeness (QED) is 0.139. The molecule has 3 atom stereocenters. The number of nitrogens with one attached hydrogen (secondary N) is 3. The Labute approximate surface area is 333 Å². The lowest BCUT2D eigenvalue weighted by atomic mass is 10.0. The third-order valence-electron chi connectivity index (χ3n) is 10.5. The fraction of sp³-hybridized carbons (Fsp3) is 0.405. The van der Waals surface area contributed by atoms with E-state index in [4.69, 9.17) is 14.5 Å². The predicted octanol–water partition coefficient (Wildman–Crippen LogP) is 9.68. The second-order valence-corrected chi connectivity index (χ2v) is 18.1. The molecule has 14 heteroatoms. The maximum atomic E-state index is 13.6.